The quantitative estimate of drug-likeness (QED) is 0.799. The Kier molecular flexibility index (Phi) is 7.49. The van der Waals surface area contributed by atoms with Crippen LogP contribution in [0.1, 0.15) is 44.7 Å². The number of ether oxygens (including phenoxy) is 1. The Balaban J connectivity index is 1.78. The van der Waals surface area contributed by atoms with Crippen LogP contribution in [0, 0.1) is 5.92 Å². The van der Waals surface area contributed by atoms with Gasteiger partial charge in [-0.2, -0.15) is 0 Å². The summed E-state index contributed by atoms with van der Waals surface area (Å²) >= 11 is 0. The molecular formula is C18H29N3O2. The summed E-state index contributed by atoms with van der Waals surface area (Å²) in [7, 11) is 0. The third-order valence-corrected chi connectivity index (χ3v) is 4.11. The van der Waals surface area contributed by atoms with Gasteiger partial charge in [0.1, 0.15) is 0 Å². The predicted molar refractivity (Wildman–Crippen MR) is 91.1 cm³/mol. The number of carbonyl (C=O) groups is 1. The van der Waals surface area contributed by atoms with Gasteiger partial charge in [-0.15, -0.1) is 0 Å². The van der Waals surface area contributed by atoms with E-state index in [0.717, 1.165) is 51.3 Å². The van der Waals surface area contributed by atoms with Crippen molar-refractivity contribution in [3.05, 3.63) is 30.1 Å². The average Bonchev–Trinajstić information content (AvgIpc) is 2.56. The van der Waals surface area contributed by atoms with E-state index >= 15 is 0 Å². The summed E-state index contributed by atoms with van der Waals surface area (Å²) in [6.45, 7) is 8.90. The van der Waals surface area contributed by atoms with Crippen molar-refractivity contribution in [3.8, 4) is 0 Å². The van der Waals surface area contributed by atoms with Gasteiger partial charge < -0.3 is 10.1 Å². The molecule has 0 aliphatic carbocycles. The van der Waals surface area contributed by atoms with Crippen LogP contribution in [0.25, 0.3) is 0 Å². The highest BCUT2D eigenvalue weighted by Gasteiger charge is 2.17. The Bertz CT molecular complexity index is 459. The van der Waals surface area contributed by atoms with E-state index in [1.807, 2.05) is 18.3 Å². The van der Waals surface area contributed by atoms with E-state index in [4.69, 9.17) is 4.74 Å². The molecule has 1 atom stereocenters. The summed E-state index contributed by atoms with van der Waals surface area (Å²) in [4.78, 5) is 18.8. The Labute approximate surface area is 139 Å². The van der Waals surface area contributed by atoms with Crippen LogP contribution >= 0.6 is 0 Å². The minimum absolute atomic E-state index is 0.0552. The molecule has 2 heterocycles. The highest BCUT2D eigenvalue weighted by molar-refractivity contribution is 5.76. The number of morpholine rings is 1. The third kappa shape index (κ3) is 6.67. The van der Waals surface area contributed by atoms with E-state index in [1.54, 1.807) is 6.20 Å². The number of nitrogens with zero attached hydrogens (tertiary/aromatic N) is 2. The van der Waals surface area contributed by atoms with Gasteiger partial charge in [0.05, 0.1) is 19.3 Å². The topological polar surface area (TPSA) is 54.5 Å². The van der Waals surface area contributed by atoms with Gasteiger partial charge in [-0.05, 0) is 36.9 Å². The van der Waals surface area contributed by atoms with Crippen LogP contribution < -0.4 is 5.32 Å². The van der Waals surface area contributed by atoms with Gasteiger partial charge in [0.25, 0.3) is 0 Å². The molecule has 1 unspecified atom stereocenters. The van der Waals surface area contributed by atoms with Crippen LogP contribution in [-0.4, -0.2) is 48.6 Å². The van der Waals surface area contributed by atoms with Crippen LogP contribution in [0.4, 0.5) is 0 Å². The summed E-state index contributed by atoms with van der Waals surface area (Å²) in [6.07, 6.45) is 6.02. The number of pyridine rings is 1. The molecule has 0 radical (unpaired) electrons. The largest absolute Gasteiger partial charge is 0.379 e. The molecule has 23 heavy (non-hydrogen) atoms. The molecule has 5 heteroatoms. The smallest absolute Gasteiger partial charge is 0.220 e. The van der Waals surface area contributed by atoms with Crippen molar-refractivity contribution in [2.24, 2.45) is 5.92 Å². The first kappa shape index (κ1) is 17.9. The summed E-state index contributed by atoms with van der Waals surface area (Å²) in [5.41, 5.74) is 1.09. The van der Waals surface area contributed by atoms with Crippen molar-refractivity contribution in [2.45, 2.75) is 39.2 Å². The molecule has 0 spiro atoms. The molecule has 0 saturated carbocycles. The van der Waals surface area contributed by atoms with E-state index in [1.165, 1.54) is 0 Å². The van der Waals surface area contributed by atoms with Crippen molar-refractivity contribution >= 4 is 5.91 Å². The second kappa shape index (κ2) is 9.63. The summed E-state index contributed by atoms with van der Waals surface area (Å²) in [5.74, 6) is 0.654. The lowest BCUT2D eigenvalue weighted by Gasteiger charge is -2.26. The third-order valence-electron chi connectivity index (χ3n) is 4.11. The molecule has 1 fully saturated rings. The minimum atomic E-state index is 0.0552. The zero-order valence-electron chi connectivity index (χ0n) is 14.3. The highest BCUT2D eigenvalue weighted by Crippen LogP contribution is 2.20. The second-order valence-corrected chi connectivity index (χ2v) is 6.59. The molecule has 1 aliphatic rings. The summed E-state index contributed by atoms with van der Waals surface area (Å²) in [5, 5.41) is 3.18. The van der Waals surface area contributed by atoms with Gasteiger partial charge >= 0.3 is 0 Å². The Hall–Kier alpha value is -1.46. The maximum absolute atomic E-state index is 12.3. The van der Waals surface area contributed by atoms with Crippen molar-refractivity contribution in [1.82, 2.24) is 15.2 Å². The normalized spacial score (nSPS) is 17.2. The first-order valence-electron chi connectivity index (χ1n) is 8.64. The van der Waals surface area contributed by atoms with E-state index in [-0.39, 0.29) is 11.9 Å². The standard InChI is InChI=1S/C18H29N3O2/c1-15(2)13-17(16-5-3-7-19-14-16)20-18(22)6-4-8-21-9-11-23-12-10-21/h3,5,7,14-15,17H,4,6,8-13H2,1-2H3,(H,20,22). The lowest BCUT2D eigenvalue weighted by molar-refractivity contribution is -0.122. The van der Waals surface area contributed by atoms with Crippen LogP contribution in [0.3, 0.4) is 0 Å². The average molecular weight is 319 g/mol. The SMILES string of the molecule is CC(C)CC(NC(=O)CCCN1CCOCC1)c1cccnc1. The monoisotopic (exact) mass is 319 g/mol. The second-order valence-electron chi connectivity index (χ2n) is 6.59. The van der Waals surface area contributed by atoms with Crippen molar-refractivity contribution < 1.29 is 9.53 Å². The van der Waals surface area contributed by atoms with E-state index in [9.17, 15) is 4.79 Å². The number of hydrogen-bond acceptors (Lipinski definition) is 4. The van der Waals surface area contributed by atoms with E-state index in [2.05, 4.69) is 29.0 Å². The molecule has 1 amide bonds. The number of hydrogen-bond donors (Lipinski definition) is 1. The lowest BCUT2D eigenvalue weighted by atomic mass is 9.98. The summed E-state index contributed by atoms with van der Waals surface area (Å²) in [6, 6.07) is 4.01. The van der Waals surface area contributed by atoms with Crippen LogP contribution in [0.15, 0.2) is 24.5 Å². The molecule has 0 aromatic carbocycles. The van der Waals surface area contributed by atoms with Gasteiger partial charge in [0.2, 0.25) is 5.91 Å². The zero-order valence-corrected chi connectivity index (χ0v) is 14.3. The lowest BCUT2D eigenvalue weighted by Crippen LogP contribution is -2.37. The Morgan fingerprint density at radius 3 is 2.83 bits per heavy atom. The van der Waals surface area contributed by atoms with Gasteiger partial charge in [0, 0.05) is 31.9 Å². The molecular weight excluding hydrogens is 290 g/mol. The van der Waals surface area contributed by atoms with Gasteiger partial charge in [-0.1, -0.05) is 19.9 Å². The first-order chi connectivity index (χ1) is 11.1. The van der Waals surface area contributed by atoms with Gasteiger partial charge in [0.15, 0.2) is 0 Å². The predicted octanol–water partition coefficient (Wildman–Crippen LogP) is 2.40. The molecule has 1 aromatic heterocycles. The highest BCUT2D eigenvalue weighted by atomic mass is 16.5. The zero-order chi connectivity index (χ0) is 16.5. The molecule has 128 valence electrons. The van der Waals surface area contributed by atoms with Crippen LogP contribution in [0.2, 0.25) is 0 Å². The van der Waals surface area contributed by atoms with Crippen molar-refractivity contribution in [2.75, 3.05) is 32.8 Å². The minimum Gasteiger partial charge on any atom is -0.379 e. The number of aromatic nitrogens is 1. The van der Waals surface area contributed by atoms with Gasteiger partial charge in [-0.25, -0.2) is 0 Å². The van der Waals surface area contributed by atoms with Crippen LogP contribution in [0.5, 0.6) is 0 Å². The van der Waals surface area contributed by atoms with E-state index < -0.39 is 0 Å². The number of nitrogens with one attached hydrogen (secondary N) is 1. The maximum Gasteiger partial charge on any atom is 0.220 e. The van der Waals surface area contributed by atoms with Gasteiger partial charge in [-0.3, -0.25) is 14.7 Å². The Morgan fingerprint density at radius 2 is 2.17 bits per heavy atom. The van der Waals surface area contributed by atoms with Crippen molar-refractivity contribution in [3.63, 3.8) is 0 Å². The molecule has 1 aromatic rings. The Morgan fingerprint density at radius 1 is 1.39 bits per heavy atom. The fourth-order valence-corrected chi connectivity index (χ4v) is 2.89. The number of amides is 1. The summed E-state index contributed by atoms with van der Waals surface area (Å²) < 4.78 is 5.34. The fourth-order valence-electron chi connectivity index (χ4n) is 2.89. The maximum atomic E-state index is 12.3. The fraction of sp³-hybridized carbons (Fsp3) is 0.667. The number of carbonyl (C=O) groups excluding carboxylic acids is 1. The first-order valence-corrected chi connectivity index (χ1v) is 8.64. The molecule has 2 rings (SSSR count). The van der Waals surface area contributed by atoms with Crippen molar-refractivity contribution in [1.29, 1.82) is 0 Å². The molecule has 1 N–H and O–H groups in total. The molecule has 0 bridgehead atoms. The van der Waals surface area contributed by atoms with E-state index in [0.29, 0.717) is 12.3 Å². The molecule has 5 nitrogen and oxygen atoms in total. The number of rotatable bonds is 8. The van der Waals surface area contributed by atoms with Crippen LogP contribution in [-0.2, 0) is 9.53 Å². The molecule has 1 aliphatic heterocycles. The molecule has 1 saturated heterocycles.